The minimum absolute atomic E-state index is 0.288. The lowest BCUT2D eigenvalue weighted by Gasteiger charge is -2.36. The van der Waals surface area contributed by atoms with E-state index in [0.717, 1.165) is 29.5 Å². The van der Waals surface area contributed by atoms with Gasteiger partial charge in [0.25, 0.3) is 0 Å². The standard InChI is InChI=1S/C20H18ClN3O/c21-18-9-5-15(6-10-18)13-17-8-7-16-3-1-2-4-19(16)20(17,25)14-24-22-11-12-23-24/h1-6,9-13,25H,7-8,14H2. The van der Waals surface area contributed by atoms with E-state index in [-0.39, 0.29) is 6.54 Å². The van der Waals surface area contributed by atoms with Crippen LogP contribution in [0.25, 0.3) is 6.08 Å². The maximum atomic E-state index is 11.7. The van der Waals surface area contributed by atoms with Gasteiger partial charge in [0.1, 0.15) is 5.60 Å². The van der Waals surface area contributed by atoms with Crippen molar-refractivity contribution >= 4 is 17.7 Å². The predicted molar refractivity (Wildman–Crippen MR) is 98.1 cm³/mol. The van der Waals surface area contributed by atoms with Crippen LogP contribution in [-0.4, -0.2) is 20.1 Å². The zero-order chi connectivity index (χ0) is 17.3. The fourth-order valence-electron chi connectivity index (χ4n) is 3.46. The predicted octanol–water partition coefficient (Wildman–Crippen LogP) is 3.85. The third-order valence-electron chi connectivity index (χ3n) is 4.71. The van der Waals surface area contributed by atoms with Crippen molar-refractivity contribution in [2.45, 2.75) is 25.0 Å². The zero-order valence-corrected chi connectivity index (χ0v) is 14.4. The van der Waals surface area contributed by atoms with Crippen LogP contribution in [0.5, 0.6) is 0 Å². The Balaban J connectivity index is 1.81. The van der Waals surface area contributed by atoms with E-state index in [9.17, 15) is 5.11 Å². The van der Waals surface area contributed by atoms with Crippen molar-refractivity contribution in [1.29, 1.82) is 0 Å². The second-order valence-corrected chi connectivity index (χ2v) is 6.73. The fourth-order valence-corrected chi connectivity index (χ4v) is 3.59. The quantitative estimate of drug-likeness (QED) is 0.779. The second-order valence-electron chi connectivity index (χ2n) is 6.30. The number of aliphatic hydroxyl groups is 1. The first-order valence-electron chi connectivity index (χ1n) is 8.27. The van der Waals surface area contributed by atoms with E-state index in [1.807, 2.05) is 42.5 Å². The number of fused-ring (bicyclic) bond motifs is 1. The summed E-state index contributed by atoms with van der Waals surface area (Å²) in [7, 11) is 0. The van der Waals surface area contributed by atoms with E-state index in [2.05, 4.69) is 22.3 Å². The van der Waals surface area contributed by atoms with Gasteiger partial charge in [-0.05, 0) is 47.2 Å². The Kier molecular flexibility index (Phi) is 4.15. The van der Waals surface area contributed by atoms with Crippen molar-refractivity contribution in [3.05, 3.63) is 88.2 Å². The molecule has 0 fully saturated rings. The van der Waals surface area contributed by atoms with Crippen molar-refractivity contribution in [3.63, 3.8) is 0 Å². The van der Waals surface area contributed by atoms with E-state index in [1.54, 1.807) is 12.4 Å². The van der Waals surface area contributed by atoms with Crippen LogP contribution in [0.4, 0.5) is 0 Å². The molecule has 1 unspecified atom stereocenters. The first-order chi connectivity index (χ1) is 12.1. The van der Waals surface area contributed by atoms with Crippen LogP contribution in [0.1, 0.15) is 23.1 Å². The van der Waals surface area contributed by atoms with Crippen LogP contribution in [0.3, 0.4) is 0 Å². The maximum absolute atomic E-state index is 11.7. The van der Waals surface area contributed by atoms with E-state index >= 15 is 0 Å². The number of aryl methyl sites for hydroxylation is 1. The monoisotopic (exact) mass is 351 g/mol. The van der Waals surface area contributed by atoms with E-state index in [0.29, 0.717) is 5.02 Å². The normalized spacial score (nSPS) is 21.3. The molecule has 0 spiro atoms. The van der Waals surface area contributed by atoms with Crippen LogP contribution < -0.4 is 0 Å². The van der Waals surface area contributed by atoms with Gasteiger partial charge in [0.05, 0.1) is 18.9 Å². The lowest BCUT2D eigenvalue weighted by molar-refractivity contribution is 0.0413. The summed E-state index contributed by atoms with van der Waals surface area (Å²) in [5.41, 5.74) is 2.95. The second kappa shape index (κ2) is 6.47. The molecule has 1 aliphatic rings. The molecule has 0 bridgehead atoms. The summed E-state index contributed by atoms with van der Waals surface area (Å²) in [6.07, 6.45) is 7.00. The van der Waals surface area contributed by atoms with Gasteiger partial charge in [-0.3, -0.25) is 0 Å². The molecule has 1 heterocycles. The SMILES string of the molecule is OC1(Cn2nccn2)C(=Cc2ccc(Cl)cc2)CCc2ccccc21. The number of rotatable bonds is 3. The van der Waals surface area contributed by atoms with Gasteiger partial charge in [0, 0.05) is 5.02 Å². The number of hydrogen-bond donors (Lipinski definition) is 1. The molecular formula is C20H18ClN3O. The first-order valence-corrected chi connectivity index (χ1v) is 8.64. The highest BCUT2D eigenvalue weighted by Crippen LogP contribution is 2.41. The molecule has 1 N–H and O–H groups in total. The molecule has 5 heteroatoms. The van der Waals surface area contributed by atoms with Gasteiger partial charge in [-0.25, -0.2) is 0 Å². The highest BCUT2D eigenvalue weighted by molar-refractivity contribution is 6.30. The largest absolute Gasteiger partial charge is 0.379 e. The highest BCUT2D eigenvalue weighted by atomic mass is 35.5. The minimum atomic E-state index is -1.13. The van der Waals surface area contributed by atoms with Gasteiger partial charge in [-0.15, -0.1) is 0 Å². The number of halogens is 1. The molecule has 0 saturated carbocycles. The fraction of sp³-hybridized carbons (Fsp3) is 0.200. The van der Waals surface area contributed by atoms with E-state index in [1.165, 1.54) is 10.4 Å². The van der Waals surface area contributed by atoms with Crippen LogP contribution in [0.2, 0.25) is 5.02 Å². The average molecular weight is 352 g/mol. The first kappa shape index (κ1) is 16.1. The molecule has 0 saturated heterocycles. The number of nitrogens with zero attached hydrogens (tertiary/aromatic N) is 3. The Morgan fingerprint density at radius 3 is 2.52 bits per heavy atom. The Hall–Kier alpha value is -2.43. The summed E-state index contributed by atoms with van der Waals surface area (Å²) >= 11 is 5.98. The molecule has 0 amide bonds. The molecule has 0 aliphatic heterocycles. The van der Waals surface area contributed by atoms with Gasteiger partial charge in [0.15, 0.2) is 0 Å². The van der Waals surface area contributed by atoms with Crippen LogP contribution in [0.15, 0.2) is 66.5 Å². The van der Waals surface area contributed by atoms with Gasteiger partial charge in [0.2, 0.25) is 0 Å². The molecule has 25 heavy (non-hydrogen) atoms. The van der Waals surface area contributed by atoms with Crippen molar-refractivity contribution in [3.8, 4) is 0 Å². The number of aromatic nitrogens is 3. The van der Waals surface area contributed by atoms with Gasteiger partial charge in [-0.1, -0.05) is 54.1 Å². The smallest absolute Gasteiger partial charge is 0.132 e. The molecule has 0 radical (unpaired) electrons. The van der Waals surface area contributed by atoms with Crippen molar-refractivity contribution in [2.24, 2.45) is 0 Å². The summed E-state index contributed by atoms with van der Waals surface area (Å²) in [6.45, 7) is 0.288. The zero-order valence-electron chi connectivity index (χ0n) is 13.6. The third-order valence-corrected chi connectivity index (χ3v) is 4.96. The number of hydrogen-bond acceptors (Lipinski definition) is 3. The molecule has 2 aromatic carbocycles. The number of benzene rings is 2. The van der Waals surface area contributed by atoms with E-state index < -0.39 is 5.60 Å². The molecular weight excluding hydrogens is 334 g/mol. The van der Waals surface area contributed by atoms with E-state index in [4.69, 9.17) is 11.6 Å². The highest BCUT2D eigenvalue weighted by Gasteiger charge is 2.39. The van der Waals surface area contributed by atoms with Crippen molar-refractivity contribution in [1.82, 2.24) is 15.0 Å². The van der Waals surface area contributed by atoms with Crippen molar-refractivity contribution in [2.75, 3.05) is 0 Å². The summed E-state index contributed by atoms with van der Waals surface area (Å²) in [4.78, 5) is 1.54. The molecule has 1 aliphatic carbocycles. The molecule has 3 aromatic rings. The third kappa shape index (κ3) is 3.11. The van der Waals surface area contributed by atoms with Gasteiger partial charge in [-0.2, -0.15) is 15.0 Å². The maximum Gasteiger partial charge on any atom is 0.132 e. The lowest BCUT2D eigenvalue weighted by Crippen LogP contribution is -2.38. The molecule has 1 aromatic heterocycles. The Labute approximate surface area is 151 Å². The van der Waals surface area contributed by atoms with Crippen molar-refractivity contribution < 1.29 is 5.11 Å². The Bertz CT molecular complexity index is 903. The summed E-state index contributed by atoms with van der Waals surface area (Å²) < 4.78 is 0. The van der Waals surface area contributed by atoms with Crippen LogP contribution >= 0.6 is 11.6 Å². The van der Waals surface area contributed by atoms with Gasteiger partial charge >= 0.3 is 0 Å². The Morgan fingerprint density at radius 2 is 1.76 bits per heavy atom. The van der Waals surface area contributed by atoms with Gasteiger partial charge < -0.3 is 5.11 Å². The van der Waals surface area contributed by atoms with Crippen LogP contribution in [0, 0.1) is 0 Å². The molecule has 1 atom stereocenters. The molecule has 4 rings (SSSR count). The van der Waals surface area contributed by atoms with Crippen LogP contribution in [-0.2, 0) is 18.6 Å². The Morgan fingerprint density at radius 1 is 1.04 bits per heavy atom. The summed E-state index contributed by atoms with van der Waals surface area (Å²) in [6, 6.07) is 15.7. The average Bonchev–Trinajstić information content (AvgIpc) is 3.12. The lowest BCUT2D eigenvalue weighted by atomic mass is 9.74. The minimum Gasteiger partial charge on any atom is -0.379 e. The summed E-state index contributed by atoms with van der Waals surface area (Å²) in [5, 5.41) is 20.7. The molecule has 126 valence electrons. The topological polar surface area (TPSA) is 50.9 Å². The molecule has 4 nitrogen and oxygen atoms in total. The summed E-state index contributed by atoms with van der Waals surface area (Å²) in [5.74, 6) is 0.